The van der Waals surface area contributed by atoms with Crippen molar-refractivity contribution in [3.05, 3.63) is 0 Å². The maximum atomic E-state index is 12.0. The largest absolute Gasteiger partial charge is 0.298 e. The molecule has 0 unspecified atom stereocenters. The van der Waals surface area contributed by atoms with Crippen LogP contribution in [0.25, 0.3) is 0 Å². The normalized spacial score (nSPS) is 24.8. The lowest BCUT2D eigenvalue weighted by atomic mass is 9.83. The maximum absolute atomic E-state index is 12.0. The van der Waals surface area contributed by atoms with E-state index >= 15 is 0 Å². The number of rotatable bonds is 2. The zero-order valence-corrected chi connectivity index (χ0v) is 7.82. The Hall–Kier alpha value is -0.180. The first-order chi connectivity index (χ1) is 5.49. The number of hydrogen-bond donors (Lipinski definition) is 0. The van der Waals surface area contributed by atoms with Crippen LogP contribution in [0.5, 0.6) is 0 Å². The average Bonchev–Trinajstić information content (AvgIpc) is 1.93. The van der Waals surface area contributed by atoms with E-state index in [1.807, 2.05) is 4.90 Å². The average molecular weight is 177 g/mol. The van der Waals surface area contributed by atoms with Crippen LogP contribution in [0.2, 0.25) is 0 Å². The highest BCUT2D eigenvalue weighted by molar-refractivity contribution is 4.78. The molecule has 1 heterocycles. The van der Waals surface area contributed by atoms with Crippen LogP contribution in [0.1, 0.15) is 26.7 Å². The number of likely N-dealkylation sites (tertiary alicyclic amines) is 1. The number of nitrogens with zero attached hydrogens (tertiary/aromatic N) is 1. The van der Waals surface area contributed by atoms with Gasteiger partial charge in [-0.05, 0) is 31.3 Å². The van der Waals surface area contributed by atoms with Gasteiger partial charge in [0.1, 0.15) is 0 Å². The topological polar surface area (TPSA) is 3.24 Å². The van der Waals surface area contributed by atoms with Crippen molar-refractivity contribution in [1.29, 1.82) is 0 Å². The maximum Gasteiger partial charge on any atom is 0.251 e. The Morgan fingerprint density at radius 2 is 1.75 bits per heavy atom. The van der Waals surface area contributed by atoms with Gasteiger partial charge in [-0.15, -0.1) is 0 Å². The van der Waals surface area contributed by atoms with E-state index < -0.39 is 6.43 Å². The Morgan fingerprint density at radius 1 is 1.25 bits per heavy atom. The highest BCUT2D eigenvalue weighted by atomic mass is 19.3. The van der Waals surface area contributed by atoms with E-state index in [-0.39, 0.29) is 6.54 Å². The van der Waals surface area contributed by atoms with E-state index in [4.69, 9.17) is 0 Å². The molecule has 0 bridgehead atoms. The zero-order valence-electron chi connectivity index (χ0n) is 7.82. The van der Waals surface area contributed by atoms with Crippen molar-refractivity contribution in [1.82, 2.24) is 4.90 Å². The van der Waals surface area contributed by atoms with Crippen molar-refractivity contribution in [2.45, 2.75) is 33.1 Å². The third kappa shape index (κ3) is 3.05. The molecule has 12 heavy (non-hydrogen) atoms. The summed E-state index contributed by atoms with van der Waals surface area (Å²) in [5.74, 6) is 0. The summed E-state index contributed by atoms with van der Waals surface area (Å²) < 4.78 is 23.9. The molecule has 1 saturated heterocycles. The van der Waals surface area contributed by atoms with Crippen molar-refractivity contribution in [2.75, 3.05) is 19.6 Å². The van der Waals surface area contributed by atoms with Gasteiger partial charge in [0.15, 0.2) is 0 Å². The molecule has 0 spiro atoms. The minimum Gasteiger partial charge on any atom is -0.298 e. The molecule has 0 saturated carbocycles. The predicted octanol–water partition coefficient (Wildman–Crippen LogP) is 2.37. The van der Waals surface area contributed by atoms with E-state index in [0.29, 0.717) is 5.41 Å². The summed E-state index contributed by atoms with van der Waals surface area (Å²) in [6.07, 6.45) is -0.0920. The van der Waals surface area contributed by atoms with Gasteiger partial charge in [0.25, 0.3) is 6.43 Å². The van der Waals surface area contributed by atoms with Gasteiger partial charge in [-0.2, -0.15) is 0 Å². The molecule has 3 heteroatoms. The first-order valence-corrected chi connectivity index (χ1v) is 4.50. The summed E-state index contributed by atoms with van der Waals surface area (Å²) in [4.78, 5) is 1.86. The first-order valence-electron chi connectivity index (χ1n) is 4.50. The van der Waals surface area contributed by atoms with Crippen LogP contribution in [0.3, 0.4) is 0 Å². The van der Waals surface area contributed by atoms with E-state index in [0.717, 1.165) is 25.9 Å². The summed E-state index contributed by atoms with van der Waals surface area (Å²) in [7, 11) is 0. The predicted molar refractivity (Wildman–Crippen MR) is 45.5 cm³/mol. The highest BCUT2D eigenvalue weighted by Crippen LogP contribution is 2.29. The summed E-state index contributed by atoms with van der Waals surface area (Å²) in [5, 5.41) is 0. The zero-order chi connectivity index (χ0) is 9.19. The van der Waals surface area contributed by atoms with E-state index in [1.165, 1.54) is 0 Å². The van der Waals surface area contributed by atoms with Crippen LogP contribution in [0.4, 0.5) is 8.78 Å². The smallest absolute Gasteiger partial charge is 0.251 e. The third-order valence-electron chi connectivity index (χ3n) is 2.61. The number of piperidine rings is 1. The highest BCUT2D eigenvalue weighted by Gasteiger charge is 2.26. The standard InChI is InChI=1S/C9H17F2N/c1-9(2)3-5-12(6-4-9)7-8(10)11/h8H,3-7H2,1-2H3. The van der Waals surface area contributed by atoms with Crippen LogP contribution in [-0.4, -0.2) is 31.0 Å². The van der Waals surface area contributed by atoms with Gasteiger partial charge >= 0.3 is 0 Å². The molecule has 0 aromatic rings. The van der Waals surface area contributed by atoms with Crippen LogP contribution in [0, 0.1) is 5.41 Å². The molecule has 1 nitrogen and oxygen atoms in total. The Balaban J connectivity index is 2.27. The fourth-order valence-corrected chi connectivity index (χ4v) is 1.54. The van der Waals surface area contributed by atoms with Crippen molar-refractivity contribution in [3.8, 4) is 0 Å². The van der Waals surface area contributed by atoms with Gasteiger partial charge in [0.2, 0.25) is 0 Å². The fourth-order valence-electron chi connectivity index (χ4n) is 1.54. The van der Waals surface area contributed by atoms with Gasteiger partial charge in [0.05, 0.1) is 6.54 Å². The van der Waals surface area contributed by atoms with Gasteiger partial charge in [-0.1, -0.05) is 13.8 Å². The van der Waals surface area contributed by atoms with Crippen LogP contribution in [-0.2, 0) is 0 Å². The molecule has 1 fully saturated rings. The minimum absolute atomic E-state index is 0.0456. The monoisotopic (exact) mass is 177 g/mol. The molecule has 0 atom stereocenters. The van der Waals surface area contributed by atoms with Crippen molar-refractivity contribution < 1.29 is 8.78 Å². The quantitative estimate of drug-likeness (QED) is 0.626. The van der Waals surface area contributed by atoms with E-state index in [9.17, 15) is 8.78 Å². The third-order valence-corrected chi connectivity index (χ3v) is 2.61. The Morgan fingerprint density at radius 3 is 2.17 bits per heavy atom. The first kappa shape index (κ1) is 9.90. The van der Waals surface area contributed by atoms with Crippen molar-refractivity contribution >= 4 is 0 Å². The van der Waals surface area contributed by atoms with Crippen LogP contribution >= 0.6 is 0 Å². The molecule has 0 N–H and O–H groups in total. The molecule has 0 radical (unpaired) electrons. The number of hydrogen-bond acceptors (Lipinski definition) is 1. The molecule has 0 aromatic heterocycles. The van der Waals surface area contributed by atoms with Crippen LogP contribution in [0.15, 0.2) is 0 Å². The van der Waals surface area contributed by atoms with Gasteiger partial charge in [-0.25, -0.2) is 8.78 Å². The number of halogens is 2. The van der Waals surface area contributed by atoms with E-state index in [2.05, 4.69) is 13.8 Å². The Bertz CT molecular complexity index is 135. The summed E-state index contributed by atoms with van der Waals surface area (Å²) in [5.41, 5.74) is 0.360. The van der Waals surface area contributed by atoms with E-state index in [1.54, 1.807) is 0 Å². The molecular weight excluding hydrogens is 160 g/mol. The Labute approximate surface area is 72.7 Å². The van der Waals surface area contributed by atoms with Gasteiger partial charge in [-0.3, -0.25) is 4.90 Å². The van der Waals surface area contributed by atoms with Crippen LogP contribution < -0.4 is 0 Å². The molecule has 1 rings (SSSR count). The second kappa shape index (κ2) is 3.69. The molecule has 72 valence electrons. The number of alkyl halides is 2. The molecule has 1 aliphatic rings. The van der Waals surface area contributed by atoms with Crippen molar-refractivity contribution in [2.24, 2.45) is 5.41 Å². The minimum atomic E-state index is -2.17. The SMILES string of the molecule is CC1(C)CCN(CC(F)F)CC1. The second-order valence-electron chi connectivity index (χ2n) is 4.36. The molecular formula is C9H17F2N. The molecule has 0 amide bonds. The fraction of sp³-hybridized carbons (Fsp3) is 1.00. The lowest BCUT2D eigenvalue weighted by Crippen LogP contribution is -2.39. The lowest BCUT2D eigenvalue weighted by Gasteiger charge is -2.36. The van der Waals surface area contributed by atoms with Gasteiger partial charge in [0, 0.05) is 0 Å². The Kier molecular flexibility index (Phi) is 3.04. The summed E-state index contributed by atoms with van der Waals surface area (Å²) in [6.45, 7) is 6.02. The summed E-state index contributed by atoms with van der Waals surface area (Å²) >= 11 is 0. The molecule has 1 aliphatic heterocycles. The summed E-state index contributed by atoms with van der Waals surface area (Å²) in [6, 6.07) is 0. The molecule has 0 aliphatic carbocycles. The second-order valence-corrected chi connectivity index (χ2v) is 4.36. The van der Waals surface area contributed by atoms with Crippen molar-refractivity contribution in [3.63, 3.8) is 0 Å². The molecule has 0 aromatic carbocycles. The van der Waals surface area contributed by atoms with Gasteiger partial charge < -0.3 is 0 Å². The lowest BCUT2D eigenvalue weighted by molar-refractivity contribution is 0.0540.